The van der Waals surface area contributed by atoms with Gasteiger partial charge in [0, 0.05) is 85.8 Å². The summed E-state index contributed by atoms with van der Waals surface area (Å²) in [6.07, 6.45) is 5.95. The zero-order valence-electron chi connectivity index (χ0n) is 33.8. The summed E-state index contributed by atoms with van der Waals surface area (Å²) in [6.45, 7) is 8.68. The monoisotopic (exact) mass is 786 g/mol. The number of aliphatic hydroxyl groups is 1. The summed E-state index contributed by atoms with van der Waals surface area (Å²) < 4.78 is 6.56. The van der Waals surface area contributed by atoms with Crippen molar-refractivity contribution in [3.63, 3.8) is 0 Å². The Labute approximate surface area is 346 Å². The van der Waals surface area contributed by atoms with Crippen LogP contribution in [0.25, 0.3) is 32.6 Å². The van der Waals surface area contributed by atoms with Crippen molar-refractivity contribution in [2.24, 2.45) is 5.92 Å². The Hall–Kier alpha value is -5.97. The molecular weight excluding hydrogens is 733 g/mol. The summed E-state index contributed by atoms with van der Waals surface area (Å²) in [6, 6.07) is 40.2. The molecule has 2 aromatic heterocycles. The lowest BCUT2D eigenvalue weighted by Gasteiger charge is -2.36. The van der Waals surface area contributed by atoms with E-state index in [4.69, 9.17) is 14.7 Å². The van der Waals surface area contributed by atoms with Gasteiger partial charge in [0.15, 0.2) is 0 Å². The first kappa shape index (κ1) is 38.5. The molecular formula is C49H54N8O2. The fourth-order valence-corrected chi connectivity index (χ4v) is 8.71. The van der Waals surface area contributed by atoms with Gasteiger partial charge < -0.3 is 35.2 Å². The van der Waals surface area contributed by atoms with Crippen molar-refractivity contribution >= 4 is 55.7 Å². The maximum Gasteiger partial charge on any atom is 0.228 e. The number of ether oxygens (including phenoxy) is 1. The molecule has 5 aromatic carbocycles. The molecule has 3 N–H and O–H groups in total. The van der Waals surface area contributed by atoms with Crippen LogP contribution in [0, 0.1) is 5.92 Å². The third kappa shape index (κ3) is 9.04. The molecule has 0 bridgehead atoms. The molecule has 2 aliphatic rings. The number of rotatable bonds is 15. The van der Waals surface area contributed by atoms with E-state index < -0.39 is 0 Å². The lowest BCUT2D eigenvalue weighted by atomic mass is 9.98. The highest BCUT2D eigenvalue weighted by molar-refractivity contribution is 5.92. The fraction of sp³-hybridized carbons (Fsp3) is 0.327. The third-order valence-electron chi connectivity index (χ3n) is 12.1. The van der Waals surface area contributed by atoms with Crippen molar-refractivity contribution in [3.8, 4) is 5.75 Å². The minimum absolute atomic E-state index is 0.118. The van der Waals surface area contributed by atoms with Crippen LogP contribution >= 0.6 is 0 Å². The van der Waals surface area contributed by atoms with Crippen LogP contribution in [0.1, 0.15) is 30.4 Å². The van der Waals surface area contributed by atoms with Gasteiger partial charge in [0.1, 0.15) is 11.6 Å². The molecule has 0 spiro atoms. The second kappa shape index (κ2) is 18.3. The van der Waals surface area contributed by atoms with E-state index in [2.05, 4.69) is 127 Å². The number of nitrogens with one attached hydrogen (secondary N) is 2. The van der Waals surface area contributed by atoms with E-state index >= 15 is 0 Å². The lowest BCUT2D eigenvalue weighted by molar-refractivity contribution is 0.143. The molecule has 0 amide bonds. The molecule has 0 saturated carbocycles. The average Bonchev–Trinajstić information content (AvgIpc) is 3.30. The summed E-state index contributed by atoms with van der Waals surface area (Å²) in [7, 11) is 0. The number of fused-ring (bicyclic) bond motifs is 3. The number of piperazine rings is 1. The second-order valence-corrected chi connectivity index (χ2v) is 15.9. The van der Waals surface area contributed by atoms with Crippen molar-refractivity contribution in [1.29, 1.82) is 0 Å². The molecule has 7 aromatic rings. The number of piperidine rings is 1. The SMILES string of the molecule is OCc1cc2c(NCCCc3cccc4ccccc34)nc(N3CCN(c4ccccc4)CC3)nc2cc1OCC1CCN(CCNc2ccnc3ccccc23)CC1. The molecule has 59 heavy (non-hydrogen) atoms. The quantitative estimate of drug-likeness (QED) is 0.0879. The smallest absolute Gasteiger partial charge is 0.228 e. The first-order valence-corrected chi connectivity index (χ1v) is 21.3. The highest BCUT2D eigenvalue weighted by atomic mass is 16.5. The minimum atomic E-state index is -0.118. The molecule has 9 rings (SSSR count). The Balaban J connectivity index is 0.862. The Bertz CT molecular complexity index is 2470. The van der Waals surface area contributed by atoms with Gasteiger partial charge >= 0.3 is 0 Å². The van der Waals surface area contributed by atoms with Crippen LogP contribution in [0.5, 0.6) is 5.75 Å². The van der Waals surface area contributed by atoms with Crippen LogP contribution in [-0.2, 0) is 13.0 Å². The van der Waals surface area contributed by atoms with Crippen LogP contribution in [-0.4, -0.2) is 90.5 Å². The number of aromatic nitrogens is 3. The predicted molar refractivity (Wildman–Crippen MR) is 242 cm³/mol. The topological polar surface area (TPSA) is 102 Å². The Morgan fingerprint density at radius 3 is 2.27 bits per heavy atom. The molecule has 4 heterocycles. The van der Waals surface area contributed by atoms with Crippen LogP contribution in [0.2, 0.25) is 0 Å². The maximum atomic E-state index is 10.6. The number of benzene rings is 5. The van der Waals surface area contributed by atoms with Crippen molar-refractivity contribution in [2.75, 3.05) is 85.9 Å². The summed E-state index contributed by atoms with van der Waals surface area (Å²) in [5.41, 5.74) is 6.34. The van der Waals surface area contributed by atoms with Crippen molar-refractivity contribution in [3.05, 3.63) is 133 Å². The molecule has 0 aliphatic carbocycles. The predicted octanol–water partition coefficient (Wildman–Crippen LogP) is 8.40. The minimum Gasteiger partial charge on any atom is -0.493 e. The number of anilines is 4. The van der Waals surface area contributed by atoms with Gasteiger partial charge in [-0.3, -0.25) is 4.98 Å². The first-order chi connectivity index (χ1) is 29.2. The largest absolute Gasteiger partial charge is 0.493 e. The van der Waals surface area contributed by atoms with E-state index in [0.29, 0.717) is 18.3 Å². The zero-order valence-corrected chi connectivity index (χ0v) is 33.8. The van der Waals surface area contributed by atoms with Gasteiger partial charge in [0.05, 0.1) is 24.2 Å². The van der Waals surface area contributed by atoms with Gasteiger partial charge in [-0.15, -0.1) is 0 Å². The van der Waals surface area contributed by atoms with Crippen LogP contribution in [0.4, 0.5) is 23.1 Å². The van der Waals surface area contributed by atoms with E-state index in [1.54, 1.807) is 0 Å². The number of aryl methyl sites for hydroxylation is 1. The Morgan fingerprint density at radius 2 is 1.42 bits per heavy atom. The van der Waals surface area contributed by atoms with E-state index in [1.807, 2.05) is 24.4 Å². The molecule has 0 atom stereocenters. The van der Waals surface area contributed by atoms with E-state index in [1.165, 1.54) is 22.0 Å². The zero-order chi connectivity index (χ0) is 39.8. The van der Waals surface area contributed by atoms with Crippen LogP contribution in [0.3, 0.4) is 0 Å². The highest BCUT2D eigenvalue weighted by Gasteiger charge is 2.23. The van der Waals surface area contributed by atoms with Crippen LogP contribution < -0.4 is 25.2 Å². The summed E-state index contributed by atoms with van der Waals surface area (Å²) in [5, 5.41) is 22.6. The molecule has 2 aliphatic heterocycles. The Morgan fingerprint density at radius 1 is 0.661 bits per heavy atom. The van der Waals surface area contributed by atoms with Gasteiger partial charge in [0.25, 0.3) is 0 Å². The standard InChI is InChI=1S/C49H54N8O2/c58-34-39-32-43-46(33-47(39)59-35-36-20-25-55(26-21-36)27-24-51-45-19-23-50-44-18-7-6-17-42(44)45)53-49(57-30-28-56(29-31-57)40-14-2-1-3-15-40)54-48(43)52-22-9-13-38-12-8-11-37-10-4-5-16-41(37)38/h1-8,10-12,14-19,23,32-33,36,58H,9,13,20-22,24-31,34-35H2,(H,50,51)(H,52,53,54). The number of nitrogens with zero attached hydrogens (tertiary/aromatic N) is 6. The number of hydrogen-bond acceptors (Lipinski definition) is 10. The van der Waals surface area contributed by atoms with Crippen molar-refractivity contribution < 1.29 is 9.84 Å². The van der Waals surface area contributed by atoms with Gasteiger partial charge in [-0.1, -0.05) is 78.9 Å². The molecule has 2 fully saturated rings. The number of likely N-dealkylation sites (tertiary alicyclic amines) is 1. The molecule has 302 valence electrons. The first-order valence-electron chi connectivity index (χ1n) is 21.3. The summed E-state index contributed by atoms with van der Waals surface area (Å²) >= 11 is 0. The second-order valence-electron chi connectivity index (χ2n) is 15.9. The Kier molecular flexibility index (Phi) is 12.0. The van der Waals surface area contributed by atoms with Gasteiger partial charge in [-0.2, -0.15) is 4.98 Å². The van der Waals surface area contributed by atoms with E-state index in [-0.39, 0.29) is 6.61 Å². The molecule has 10 nitrogen and oxygen atoms in total. The van der Waals surface area contributed by atoms with E-state index in [0.717, 1.165) is 129 Å². The summed E-state index contributed by atoms with van der Waals surface area (Å²) in [5.74, 6) is 2.68. The summed E-state index contributed by atoms with van der Waals surface area (Å²) in [4.78, 5) is 22.1. The third-order valence-corrected chi connectivity index (χ3v) is 12.1. The number of pyridine rings is 1. The van der Waals surface area contributed by atoms with Crippen molar-refractivity contribution in [1.82, 2.24) is 19.9 Å². The van der Waals surface area contributed by atoms with Gasteiger partial charge in [0.2, 0.25) is 5.95 Å². The lowest BCUT2D eigenvalue weighted by Crippen LogP contribution is -2.47. The normalized spacial score (nSPS) is 15.3. The van der Waals surface area contributed by atoms with E-state index in [9.17, 15) is 5.11 Å². The van der Waals surface area contributed by atoms with Crippen LogP contribution in [0.15, 0.2) is 121 Å². The number of para-hydroxylation sites is 2. The highest BCUT2D eigenvalue weighted by Crippen LogP contribution is 2.33. The van der Waals surface area contributed by atoms with Gasteiger partial charge in [-0.05, 0) is 91.4 Å². The molecule has 0 radical (unpaired) electrons. The average molecular weight is 787 g/mol. The number of hydrogen-bond donors (Lipinski definition) is 3. The van der Waals surface area contributed by atoms with Gasteiger partial charge in [-0.25, -0.2) is 4.98 Å². The maximum absolute atomic E-state index is 10.6. The fourth-order valence-electron chi connectivity index (χ4n) is 8.71. The van der Waals surface area contributed by atoms with Crippen molar-refractivity contribution in [2.45, 2.75) is 32.3 Å². The number of aliphatic hydroxyl groups excluding tert-OH is 1. The molecule has 10 heteroatoms. The molecule has 0 unspecified atom stereocenters. The molecule has 2 saturated heterocycles.